The molecular formula is C7H7BrClNO2S2. The van der Waals surface area contributed by atoms with Crippen molar-refractivity contribution in [3.63, 3.8) is 0 Å². The molecule has 1 aromatic heterocycles. The molecule has 0 saturated carbocycles. The average Bonchev–Trinajstić information content (AvgIpc) is 2.06. The minimum atomic E-state index is -3.39. The van der Waals surface area contributed by atoms with Crippen molar-refractivity contribution in [2.24, 2.45) is 0 Å². The maximum atomic E-state index is 10.6. The van der Waals surface area contributed by atoms with Gasteiger partial charge in [0.2, 0.25) is 9.05 Å². The van der Waals surface area contributed by atoms with Crippen molar-refractivity contribution in [1.29, 1.82) is 0 Å². The Morgan fingerprint density at radius 1 is 1.50 bits per heavy atom. The quantitative estimate of drug-likeness (QED) is 0.632. The van der Waals surface area contributed by atoms with Gasteiger partial charge in [-0.2, -0.15) is 0 Å². The Labute approximate surface area is 99.8 Å². The van der Waals surface area contributed by atoms with E-state index in [-0.39, 0.29) is 5.75 Å². The standard InChI is InChI=1S/C7H7BrClNO2S2/c8-6-1-2-7(10-5-6)13-3-4-14(9,11)12/h1-2,5H,3-4H2. The molecule has 0 atom stereocenters. The molecule has 1 aromatic rings. The van der Waals surface area contributed by atoms with Crippen molar-refractivity contribution in [2.75, 3.05) is 11.5 Å². The van der Waals surface area contributed by atoms with Gasteiger partial charge in [0.1, 0.15) is 0 Å². The number of hydrogen-bond acceptors (Lipinski definition) is 4. The second-order valence-corrected chi connectivity index (χ2v) is 7.33. The maximum absolute atomic E-state index is 10.6. The van der Waals surface area contributed by atoms with Crippen molar-refractivity contribution in [3.8, 4) is 0 Å². The number of aromatic nitrogens is 1. The summed E-state index contributed by atoms with van der Waals surface area (Å²) < 4.78 is 22.1. The van der Waals surface area contributed by atoms with E-state index in [9.17, 15) is 8.42 Å². The summed E-state index contributed by atoms with van der Waals surface area (Å²) in [7, 11) is 1.67. The van der Waals surface area contributed by atoms with E-state index < -0.39 is 9.05 Å². The van der Waals surface area contributed by atoms with Gasteiger partial charge >= 0.3 is 0 Å². The Morgan fingerprint density at radius 2 is 2.21 bits per heavy atom. The molecule has 3 nitrogen and oxygen atoms in total. The zero-order chi connectivity index (χ0) is 10.6. The molecule has 0 radical (unpaired) electrons. The highest BCUT2D eigenvalue weighted by atomic mass is 79.9. The third-order valence-electron chi connectivity index (χ3n) is 1.28. The summed E-state index contributed by atoms with van der Waals surface area (Å²) in [6, 6.07) is 3.67. The molecule has 0 aliphatic rings. The number of halogens is 2. The topological polar surface area (TPSA) is 47.0 Å². The van der Waals surface area contributed by atoms with Crippen LogP contribution in [0, 0.1) is 0 Å². The molecule has 14 heavy (non-hydrogen) atoms. The molecule has 0 saturated heterocycles. The molecule has 1 heterocycles. The molecule has 0 aromatic carbocycles. The smallest absolute Gasteiger partial charge is 0.233 e. The molecule has 0 fully saturated rings. The third kappa shape index (κ3) is 5.19. The molecule has 0 spiro atoms. The SMILES string of the molecule is O=S(=O)(Cl)CCSc1ccc(Br)cn1. The average molecular weight is 317 g/mol. The van der Waals surface area contributed by atoms with Crippen LogP contribution in [-0.2, 0) is 9.05 Å². The summed E-state index contributed by atoms with van der Waals surface area (Å²) in [6.07, 6.45) is 1.66. The van der Waals surface area contributed by atoms with Crippen molar-refractivity contribution in [3.05, 3.63) is 22.8 Å². The van der Waals surface area contributed by atoms with Gasteiger partial charge in [-0.25, -0.2) is 13.4 Å². The maximum Gasteiger partial charge on any atom is 0.233 e. The van der Waals surface area contributed by atoms with Crippen LogP contribution in [0.5, 0.6) is 0 Å². The van der Waals surface area contributed by atoms with Gasteiger partial charge in [-0.15, -0.1) is 11.8 Å². The minimum absolute atomic E-state index is 0.0447. The highest BCUT2D eigenvalue weighted by Gasteiger charge is 2.05. The van der Waals surface area contributed by atoms with Gasteiger partial charge in [-0.05, 0) is 28.1 Å². The van der Waals surface area contributed by atoms with E-state index in [0.717, 1.165) is 9.50 Å². The number of hydrogen-bond donors (Lipinski definition) is 0. The van der Waals surface area contributed by atoms with Crippen LogP contribution in [0.4, 0.5) is 0 Å². The van der Waals surface area contributed by atoms with Crippen LogP contribution in [0.3, 0.4) is 0 Å². The molecule has 7 heteroatoms. The Balaban J connectivity index is 2.43. The normalized spacial score (nSPS) is 11.6. The predicted molar refractivity (Wildman–Crippen MR) is 62.3 cm³/mol. The lowest BCUT2D eigenvalue weighted by Gasteiger charge is -1.98. The predicted octanol–water partition coefficient (Wildman–Crippen LogP) is 2.50. The Kier molecular flexibility index (Phi) is 4.69. The Hall–Kier alpha value is 0.220. The van der Waals surface area contributed by atoms with Gasteiger partial charge in [0.05, 0.1) is 10.8 Å². The van der Waals surface area contributed by atoms with Crippen molar-refractivity contribution in [2.45, 2.75) is 5.03 Å². The second-order valence-electron chi connectivity index (χ2n) is 2.41. The van der Waals surface area contributed by atoms with Crippen molar-refractivity contribution >= 4 is 47.4 Å². The van der Waals surface area contributed by atoms with E-state index in [1.54, 1.807) is 6.20 Å². The van der Waals surface area contributed by atoms with Gasteiger partial charge < -0.3 is 0 Å². The first-order chi connectivity index (χ1) is 6.47. The summed E-state index contributed by atoms with van der Waals surface area (Å²) >= 11 is 4.62. The molecule has 78 valence electrons. The summed E-state index contributed by atoms with van der Waals surface area (Å²) in [5, 5.41) is 0.786. The molecule has 0 N–H and O–H groups in total. The fourth-order valence-electron chi connectivity index (χ4n) is 0.693. The van der Waals surface area contributed by atoms with Crippen LogP contribution in [0.1, 0.15) is 0 Å². The van der Waals surface area contributed by atoms with Gasteiger partial charge in [0, 0.05) is 27.1 Å². The first-order valence-corrected chi connectivity index (χ1v) is 7.90. The number of rotatable bonds is 4. The Morgan fingerprint density at radius 3 is 2.71 bits per heavy atom. The van der Waals surface area contributed by atoms with Crippen molar-refractivity contribution < 1.29 is 8.42 Å². The lowest BCUT2D eigenvalue weighted by molar-refractivity contribution is 0.611. The van der Waals surface area contributed by atoms with Crippen molar-refractivity contribution in [1.82, 2.24) is 4.98 Å². The van der Waals surface area contributed by atoms with E-state index >= 15 is 0 Å². The zero-order valence-electron chi connectivity index (χ0n) is 6.98. The third-order valence-corrected chi connectivity index (χ3v) is 4.11. The number of thioether (sulfide) groups is 1. The van der Waals surface area contributed by atoms with Crippen LogP contribution >= 0.6 is 38.4 Å². The highest BCUT2D eigenvalue weighted by molar-refractivity contribution is 9.10. The summed E-state index contributed by atoms with van der Waals surface area (Å²) in [6.45, 7) is 0. The first-order valence-electron chi connectivity index (χ1n) is 3.64. The van der Waals surface area contributed by atoms with Crippen LogP contribution in [0.15, 0.2) is 27.8 Å². The monoisotopic (exact) mass is 315 g/mol. The van der Waals surface area contributed by atoms with E-state index in [2.05, 4.69) is 20.9 Å². The van der Waals surface area contributed by atoms with Gasteiger partial charge in [-0.1, -0.05) is 0 Å². The highest BCUT2D eigenvalue weighted by Crippen LogP contribution is 2.18. The fraction of sp³-hybridized carbons (Fsp3) is 0.286. The summed E-state index contributed by atoms with van der Waals surface area (Å²) in [5.41, 5.74) is 0. The van der Waals surface area contributed by atoms with Gasteiger partial charge in [0.15, 0.2) is 0 Å². The molecule has 0 aliphatic heterocycles. The number of nitrogens with zero attached hydrogens (tertiary/aromatic N) is 1. The van der Waals surface area contributed by atoms with Gasteiger partial charge in [0.25, 0.3) is 0 Å². The van der Waals surface area contributed by atoms with Gasteiger partial charge in [-0.3, -0.25) is 0 Å². The molecule has 1 rings (SSSR count). The Bertz CT molecular complexity index is 393. The lowest BCUT2D eigenvalue weighted by Crippen LogP contribution is -1.99. The molecule has 0 aliphatic carbocycles. The molecule has 0 amide bonds. The molecule has 0 unspecified atom stereocenters. The largest absolute Gasteiger partial charge is 0.249 e. The van der Waals surface area contributed by atoms with E-state index in [4.69, 9.17) is 10.7 Å². The summed E-state index contributed by atoms with van der Waals surface area (Å²) in [5.74, 6) is 0.372. The first kappa shape index (κ1) is 12.3. The van der Waals surface area contributed by atoms with Crippen LogP contribution < -0.4 is 0 Å². The van der Waals surface area contributed by atoms with Crippen LogP contribution in [0.25, 0.3) is 0 Å². The van der Waals surface area contributed by atoms with E-state index in [0.29, 0.717) is 5.75 Å². The number of pyridine rings is 1. The minimum Gasteiger partial charge on any atom is -0.249 e. The zero-order valence-corrected chi connectivity index (χ0v) is 11.0. The van der Waals surface area contributed by atoms with Crippen LogP contribution in [-0.4, -0.2) is 24.9 Å². The van der Waals surface area contributed by atoms with Crippen LogP contribution in [0.2, 0.25) is 0 Å². The summed E-state index contributed by atoms with van der Waals surface area (Å²) in [4.78, 5) is 4.08. The fourth-order valence-corrected chi connectivity index (χ4v) is 3.13. The molecule has 0 bridgehead atoms. The second kappa shape index (κ2) is 5.34. The van der Waals surface area contributed by atoms with E-state index in [1.165, 1.54) is 11.8 Å². The molecular weight excluding hydrogens is 310 g/mol. The lowest BCUT2D eigenvalue weighted by atomic mass is 10.5. The van der Waals surface area contributed by atoms with E-state index in [1.807, 2.05) is 12.1 Å².